The van der Waals surface area contributed by atoms with Crippen molar-refractivity contribution in [3.8, 4) is 0 Å². The lowest BCUT2D eigenvalue weighted by Crippen LogP contribution is -2.13. The van der Waals surface area contributed by atoms with Gasteiger partial charge in [-0.05, 0) is 12.8 Å². The third-order valence-electron chi connectivity index (χ3n) is 1.12. The second kappa shape index (κ2) is 6.36. The van der Waals surface area contributed by atoms with Crippen molar-refractivity contribution in [2.75, 3.05) is 25.6 Å². The van der Waals surface area contributed by atoms with Gasteiger partial charge in [-0.15, -0.1) is 0 Å². The Morgan fingerprint density at radius 3 is 2.17 bits per heavy atom. The Kier molecular flexibility index (Phi) is 6.27. The molecule has 0 aromatic heterocycles. The van der Waals surface area contributed by atoms with E-state index in [4.69, 9.17) is 10.2 Å². The van der Waals surface area contributed by atoms with E-state index in [-0.39, 0.29) is 32.0 Å². The van der Waals surface area contributed by atoms with Crippen LogP contribution in [0.5, 0.6) is 0 Å². The number of hydrogen-bond donors (Lipinski definition) is 2. The minimum absolute atomic E-state index is 0.00423. The van der Waals surface area contributed by atoms with Crippen LogP contribution < -0.4 is 0 Å². The third kappa shape index (κ3) is 6.53. The van der Waals surface area contributed by atoms with Crippen LogP contribution in [0, 0.1) is 0 Å². The number of aliphatic hydroxyl groups excluding tert-OH is 2. The quantitative estimate of drug-likeness (QED) is 0.409. The van der Waals surface area contributed by atoms with Crippen molar-refractivity contribution in [2.24, 2.45) is 0 Å². The SMILES string of the molecule is O=S(=O)(CCCO)OCCCO. The van der Waals surface area contributed by atoms with Crippen LogP contribution in [0.3, 0.4) is 0 Å². The molecular formula is C6H14O5S. The van der Waals surface area contributed by atoms with Crippen LogP contribution in [0.2, 0.25) is 0 Å². The van der Waals surface area contributed by atoms with Gasteiger partial charge in [0.25, 0.3) is 10.1 Å². The van der Waals surface area contributed by atoms with Crippen molar-refractivity contribution in [1.82, 2.24) is 0 Å². The maximum Gasteiger partial charge on any atom is 0.267 e. The molecule has 0 aliphatic rings. The molecule has 6 heteroatoms. The maximum absolute atomic E-state index is 10.8. The van der Waals surface area contributed by atoms with Crippen molar-refractivity contribution < 1.29 is 22.8 Å². The molecule has 0 amide bonds. The zero-order chi connectivity index (χ0) is 9.45. The van der Waals surface area contributed by atoms with E-state index < -0.39 is 10.1 Å². The highest BCUT2D eigenvalue weighted by atomic mass is 32.2. The normalized spacial score (nSPS) is 11.8. The van der Waals surface area contributed by atoms with Crippen LogP contribution in [0.25, 0.3) is 0 Å². The monoisotopic (exact) mass is 198 g/mol. The molecule has 0 unspecified atom stereocenters. The first kappa shape index (κ1) is 11.8. The first-order valence-electron chi connectivity index (χ1n) is 3.71. The van der Waals surface area contributed by atoms with Crippen molar-refractivity contribution in [1.29, 1.82) is 0 Å². The minimum Gasteiger partial charge on any atom is -0.396 e. The summed E-state index contributed by atoms with van der Waals surface area (Å²) in [5.74, 6) is -0.172. The first-order valence-corrected chi connectivity index (χ1v) is 5.29. The van der Waals surface area contributed by atoms with Crippen molar-refractivity contribution in [2.45, 2.75) is 12.8 Å². The third-order valence-corrected chi connectivity index (χ3v) is 2.43. The summed E-state index contributed by atoms with van der Waals surface area (Å²) >= 11 is 0. The largest absolute Gasteiger partial charge is 0.396 e. The van der Waals surface area contributed by atoms with Gasteiger partial charge < -0.3 is 10.2 Å². The molecule has 0 heterocycles. The summed E-state index contributed by atoms with van der Waals surface area (Å²) in [4.78, 5) is 0. The van der Waals surface area contributed by atoms with Crippen molar-refractivity contribution in [3.63, 3.8) is 0 Å². The summed E-state index contributed by atoms with van der Waals surface area (Å²) in [5, 5.41) is 16.7. The second-order valence-corrected chi connectivity index (χ2v) is 4.00. The van der Waals surface area contributed by atoms with E-state index in [1.807, 2.05) is 0 Å². The van der Waals surface area contributed by atoms with Gasteiger partial charge in [-0.25, -0.2) is 0 Å². The molecule has 0 fully saturated rings. The van der Waals surface area contributed by atoms with Crippen molar-refractivity contribution in [3.05, 3.63) is 0 Å². The highest BCUT2D eigenvalue weighted by Gasteiger charge is 2.09. The molecule has 74 valence electrons. The van der Waals surface area contributed by atoms with E-state index in [2.05, 4.69) is 4.18 Å². The fourth-order valence-electron chi connectivity index (χ4n) is 0.551. The molecule has 0 spiro atoms. The lowest BCUT2D eigenvalue weighted by molar-refractivity contribution is 0.235. The zero-order valence-corrected chi connectivity index (χ0v) is 7.59. The second-order valence-electron chi connectivity index (χ2n) is 2.24. The number of aliphatic hydroxyl groups is 2. The Morgan fingerprint density at radius 2 is 1.67 bits per heavy atom. The predicted molar refractivity (Wildman–Crippen MR) is 43.1 cm³/mol. The van der Waals surface area contributed by atoms with Gasteiger partial charge in [-0.1, -0.05) is 0 Å². The Balaban J connectivity index is 3.58. The molecule has 5 nitrogen and oxygen atoms in total. The summed E-state index contributed by atoms with van der Waals surface area (Å²) in [6.45, 7) is -0.248. The molecule has 2 N–H and O–H groups in total. The molecular weight excluding hydrogens is 184 g/mol. The molecule has 0 aliphatic carbocycles. The molecule has 0 aliphatic heterocycles. The zero-order valence-electron chi connectivity index (χ0n) is 6.77. The summed E-state index contributed by atoms with van der Waals surface area (Å²) in [6.07, 6.45) is 0.486. The average Bonchev–Trinajstić information content (AvgIpc) is 2.01. The first-order chi connectivity index (χ1) is 5.62. The van der Waals surface area contributed by atoms with E-state index in [0.717, 1.165) is 0 Å². The van der Waals surface area contributed by atoms with Crippen molar-refractivity contribution >= 4 is 10.1 Å². The summed E-state index contributed by atoms with van der Waals surface area (Å²) in [5.41, 5.74) is 0. The van der Waals surface area contributed by atoms with Crippen LogP contribution in [0.15, 0.2) is 0 Å². The fraction of sp³-hybridized carbons (Fsp3) is 1.00. The van der Waals surface area contributed by atoms with Gasteiger partial charge >= 0.3 is 0 Å². The smallest absolute Gasteiger partial charge is 0.267 e. The lowest BCUT2D eigenvalue weighted by Gasteiger charge is -2.02. The van der Waals surface area contributed by atoms with E-state index in [0.29, 0.717) is 6.42 Å². The highest BCUT2D eigenvalue weighted by Crippen LogP contribution is 1.96. The van der Waals surface area contributed by atoms with E-state index in [1.54, 1.807) is 0 Å². The highest BCUT2D eigenvalue weighted by molar-refractivity contribution is 7.86. The summed E-state index contributed by atoms with van der Waals surface area (Å²) < 4.78 is 26.2. The van der Waals surface area contributed by atoms with Crippen LogP contribution in [-0.4, -0.2) is 44.2 Å². The van der Waals surface area contributed by atoms with Gasteiger partial charge in [-0.2, -0.15) is 8.42 Å². The molecule has 0 aromatic carbocycles. The van der Waals surface area contributed by atoms with Crippen LogP contribution >= 0.6 is 0 Å². The summed E-state index contributed by atoms with van der Waals surface area (Å²) in [7, 11) is -3.49. The van der Waals surface area contributed by atoms with Crippen LogP contribution in [0.4, 0.5) is 0 Å². The van der Waals surface area contributed by atoms with Gasteiger partial charge in [0.15, 0.2) is 0 Å². The van der Waals surface area contributed by atoms with Gasteiger partial charge in [0.1, 0.15) is 0 Å². The van der Waals surface area contributed by atoms with Gasteiger partial charge in [0.05, 0.1) is 12.4 Å². The number of hydrogen-bond acceptors (Lipinski definition) is 5. The maximum atomic E-state index is 10.8. The molecule has 0 atom stereocenters. The summed E-state index contributed by atoms with van der Waals surface area (Å²) in [6, 6.07) is 0. The Labute approximate surface area is 72.1 Å². The average molecular weight is 198 g/mol. The molecule has 0 radical (unpaired) electrons. The van der Waals surface area contributed by atoms with Gasteiger partial charge in [-0.3, -0.25) is 4.18 Å². The molecule has 0 rings (SSSR count). The lowest BCUT2D eigenvalue weighted by atomic mass is 10.5. The Bertz CT molecular complexity index is 186. The predicted octanol–water partition coefficient (Wildman–Crippen LogP) is -0.902. The van der Waals surface area contributed by atoms with E-state index in [9.17, 15) is 8.42 Å². The van der Waals surface area contributed by atoms with E-state index >= 15 is 0 Å². The molecule has 0 saturated carbocycles. The number of rotatable bonds is 7. The molecule has 0 bridgehead atoms. The molecule has 0 aromatic rings. The Morgan fingerprint density at radius 1 is 1.08 bits per heavy atom. The topological polar surface area (TPSA) is 83.8 Å². The van der Waals surface area contributed by atoms with Gasteiger partial charge in [0, 0.05) is 13.2 Å². The molecule has 12 heavy (non-hydrogen) atoms. The Hall–Kier alpha value is -0.170. The minimum atomic E-state index is -3.49. The van der Waals surface area contributed by atoms with Gasteiger partial charge in [0.2, 0.25) is 0 Å². The standard InChI is InChI=1S/C6H14O5S/c7-3-1-5-11-12(9,10)6-2-4-8/h7-8H,1-6H2. The van der Waals surface area contributed by atoms with Crippen LogP contribution in [0.1, 0.15) is 12.8 Å². The van der Waals surface area contributed by atoms with Crippen LogP contribution in [-0.2, 0) is 14.3 Å². The fourth-order valence-corrected chi connectivity index (χ4v) is 1.52. The molecule has 0 saturated heterocycles. The van der Waals surface area contributed by atoms with E-state index in [1.165, 1.54) is 0 Å².